The average molecular weight is 265 g/mol. The summed E-state index contributed by atoms with van der Waals surface area (Å²) in [5.41, 5.74) is 0.430. The van der Waals surface area contributed by atoms with E-state index in [1.165, 1.54) is 6.07 Å². The summed E-state index contributed by atoms with van der Waals surface area (Å²) in [6.07, 6.45) is -1.95. The van der Waals surface area contributed by atoms with Gasteiger partial charge in [0.05, 0.1) is 18.1 Å². The van der Waals surface area contributed by atoms with Crippen molar-refractivity contribution in [2.24, 2.45) is 4.99 Å². The SMILES string of the molecule is CC1OC(c2ccccc2O)=NC1C(O)CC(=O)O. The van der Waals surface area contributed by atoms with E-state index in [1.807, 2.05) is 0 Å². The molecule has 0 spiro atoms. The van der Waals surface area contributed by atoms with E-state index in [0.717, 1.165) is 0 Å². The van der Waals surface area contributed by atoms with Gasteiger partial charge in [-0.1, -0.05) is 12.1 Å². The van der Waals surface area contributed by atoms with Crippen LogP contribution in [0.2, 0.25) is 0 Å². The van der Waals surface area contributed by atoms with Crippen molar-refractivity contribution in [1.29, 1.82) is 0 Å². The Hall–Kier alpha value is -2.08. The van der Waals surface area contributed by atoms with Crippen molar-refractivity contribution in [3.05, 3.63) is 29.8 Å². The lowest BCUT2D eigenvalue weighted by molar-refractivity contribution is -0.139. The van der Waals surface area contributed by atoms with E-state index in [1.54, 1.807) is 25.1 Å². The Bertz CT molecular complexity index is 514. The summed E-state index contributed by atoms with van der Waals surface area (Å²) in [4.78, 5) is 14.8. The van der Waals surface area contributed by atoms with Crippen LogP contribution in [0.1, 0.15) is 18.9 Å². The van der Waals surface area contributed by atoms with Crippen molar-refractivity contribution in [3.8, 4) is 5.75 Å². The normalized spacial score (nSPS) is 23.6. The van der Waals surface area contributed by atoms with E-state index in [-0.39, 0.29) is 11.6 Å². The van der Waals surface area contributed by atoms with Gasteiger partial charge in [-0.25, -0.2) is 4.99 Å². The summed E-state index contributed by atoms with van der Waals surface area (Å²) in [5.74, 6) is -0.840. The summed E-state index contributed by atoms with van der Waals surface area (Å²) in [6, 6.07) is 5.91. The molecule has 0 saturated carbocycles. The van der Waals surface area contributed by atoms with Crippen LogP contribution in [-0.4, -0.2) is 45.4 Å². The van der Waals surface area contributed by atoms with Gasteiger partial charge in [-0.05, 0) is 19.1 Å². The summed E-state index contributed by atoms with van der Waals surface area (Å²) in [6.45, 7) is 1.70. The van der Waals surface area contributed by atoms with Crippen LogP contribution >= 0.6 is 0 Å². The number of benzene rings is 1. The van der Waals surface area contributed by atoms with Gasteiger partial charge in [0, 0.05) is 0 Å². The van der Waals surface area contributed by atoms with Crippen LogP contribution in [0.3, 0.4) is 0 Å². The molecule has 0 bridgehead atoms. The van der Waals surface area contributed by atoms with Gasteiger partial charge in [0.2, 0.25) is 5.90 Å². The highest BCUT2D eigenvalue weighted by molar-refractivity contribution is 5.97. The maximum Gasteiger partial charge on any atom is 0.306 e. The number of carbonyl (C=O) groups is 1. The molecular weight excluding hydrogens is 250 g/mol. The molecule has 0 aliphatic carbocycles. The van der Waals surface area contributed by atoms with Crippen LogP contribution in [0.25, 0.3) is 0 Å². The highest BCUT2D eigenvalue weighted by Gasteiger charge is 2.35. The average Bonchev–Trinajstić information content (AvgIpc) is 2.71. The third-order valence-corrected chi connectivity index (χ3v) is 2.96. The highest BCUT2D eigenvalue weighted by atomic mass is 16.5. The number of phenols is 1. The molecule has 0 aromatic heterocycles. The van der Waals surface area contributed by atoms with Crippen LogP contribution in [0, 0.1) is 0 Å². The number of aliphatic imine (C=N–C) groups is 1. The number of hydrogen-bond acceptors (Lipinski definition) is 5. The molecule has 6 heteroatoms. The van der Waals surface area contributed by atoms with Crippen molar-refractivity contribution in [2.45, 2.75) is 31.6 Å². The molecule has 3 unspecified atom stereocenters. The Balaban J connectivity index is 2.21. The summed E-state index contributed by atoms with van der Waals surface area (Å²) in [7, 11) is 0. The number of aliphatic carboxylic acids is 1. The van der Waals surface area contributed by atoms with Crippen LogP contribution in [0.5, 0.6) is 5.75 Å². The molecule has 1 aliphatic heterocycles. The largest absolute Gasteiger partial charge is 0.507 e. The molecule has 102 valence electrons. The quantitative estimate of drug-likeness (QED) is 0.746. The molecule has 6 nitrogen and oxygen atoms in total. The lowest BCUT2D eigenvalue weighted by atomic mass is 10.0. The molecule has 19 heavy (non-hydrogen) atoms. The molecule has 0 amide bonds. The predicted octanol–water partition coefficient (Wildman–Crippen LogP) is 0.762. The number of carboxylic acid groups (broad SMARTS) is 1. The van der Waals surface area contributed by atoms with Crippen molar-refractivity contribution >= 4 is 11.9 Å². The summed E-state index contributed by atoms with van der Waals surface area (Å²) in [5, 5.41) is 28.2. The maximum absolute atomic E-state index is 10.6. The summed E-state index contributed by atoms with van der Waals surface area (Å²) < 4.78 is 5.48. The molecule has 1 aromatic rings. The van der Waals surface area contributed by atoms with Crippen LogP contribution < -0.4 is 0 Å². The van der Waals surface area contributed by atoms with Gasteiger partial charge in [-0.2, -0.15) is 0 Å². The second-order valence-corrected chi connectivity index (χ2v) is 4.43. The lowest BCUT2D eigenvalue weighted by Crippen LogP contribution is -2.33. The third-order valence-electron chi connectivity index (χ3n) is 2.96. The zero-order valence-corrected chi connectivity index (χ0v) is 10.4. The number of rotatable bonds is 4. The monoisotopic (exact) mass is 265 g/mol. The van der Waals surface area contributed by atoms with E-state index < -0.39 is 30.6 Å². The van der Waals surface area contributed by atoms with Crippen LogP contribution in [0.15, 0.2) is 29.3 Å². The molecule has 1 aromatic carbocycles. The Morgan fingerprint density at radius 3 is 2.79 bits per heavy atom. The second-order valence-electron chi connectivity index (χ2n) is 4.43. The number of aromatic hydroxyl groups is 1. The molecule has 3 atom stereocenters. The first kappa shape index (κ1) is 13.4. The first-order chi connectivity index (χ1) is 8.99. The molecule has 0 radical (unpaired) electrons. The first-order valence-corrected chi connectivity index (χ1v) is 5.91. The number of aliphatic hydroxyl groups is 1. The molecule has 2 rings (SSSR count). The van der Waals surface area contributed by atoms with E-state index in [2.05, 4.69) is 4.99 Å². The Morgan fingerprint density at radius 2 is 2.16 bits per heavy atom. The van der Waals surface area contributed by atoms with Crippen molar-refractivity contribution < 1.29 is 24.9 Å². The number of para-hydroxylation sites is 1. The van der Waals surface area contributed by atoms with E-state index in [9.17, 15) is 15.0 Å². The van der Waals surface area contributed by atoms with Gasteiger partial charge in [-0.15, -0.1) is 0 Å². The van der Waals surface area contributed by atoms with E-state index in [0.29, 0.717) is 5.56 Å². The fraction of sp³-hybridized carbons (Fsp3) is 0.385. The molecule has 3 N–H and O–H groups in total. The Morgan fingerprint density at radius 1 is 1.47 bits per heavy atom. The Labute approximate surface area is 110 Å². The third kappa shape index (κ3) is 2.85. The molecule has 0 fully saturated rings. The predicted molar refractivity (Wildman–Crippen MR) is 67.2 cm³/mol. The minimum absolute atomic E-state index is 0.0295. The fourth-order valence-corrected chi connectivity index (χ4v) is 2.00. The first-order valence-electron chi connectivity index (χ1n) is 5.91. The minimum Gasteiger partial charge on any atom is -0.507 e. The van der Waals surface area contributed by atoms with E-state index >= 15 is 0 Å². The standard InChI is InChI=1S/C13H15NO5/c1-7-12(10(16)6-11(17)18)14-13(19-7)8-4-2-3-5-9(8)15/h2-5,7,10,12,15-16H,6H2,1H3,(H,17,18). The van der Waals surface area contributed by atoms with Gasteiger partial charge in [0.25, 0.3) is 0 Å². The number of aliphatic hydroxyl groups excluding tert-OH is 1. The number of nitrogens with zero attached hydrogens (tertiary/aromatic N) is 1. The number of phenolic OH excluding ortho intramolecular Hbond substituents is 1. The van der Waals surface area contributed by atoms with Crippen LogP contribution in [-0.2, 0) is 9.53 Å². The van der Waals surface area contributed by atoms with Gasteiger partial charge < -0.3 is 20.1 Å². The van der Waals surface area contributed by atoms with Gasteiger partial charge in [0.1, 0.15) is 17.9 Å². The topological polar surface area (TPSA) is 99.4 Å². The molecule has 1 heterocycles. The van der Waals surface area contributed by atoms with E-state index in [4.69, 9.17) is 9.84 Å². The smallest absolute Gasteiger partial charge is 0.306 e. The minimum atomic E-state index is -1.11. The van der Waals surface area contributed by atoms with Gasteiger partial charge in [-0.3, -0.25) is 4.79 Å². The second kappa shape index (κ2) is 5.27. The van der Waals surface area contributed by atoms with Crippen molar-refractivity contribution in [3.63, 3.8) is 0 Å². The van der Waals surface area contributed by atoms with Crippen molar-refractivity contribution in [2.75, 3.05) is 0 Å². The highest BCUT2D eigenvalue weighted by Crippen LogP contribution is 2.25. The number of carboxylic acids is 1. The van der Waals surface area contributed by atoms with Crippen LogP contribution in [0.4, 0.5) is 0 Å². The summed E-state index contributed by atoms with van der Waals surface area (Å²) >= 11 is 0. The Kier molecular flexibility index (Phi) is 3.71. The molecule has 0 saturated heterocycles. The molecular formula is C13H15NO5. The van der Waals surface area contributed by atoms with Gasteiger partial charge >= 0.3 is 5.97 Å². The number of hydrogen-bond donors (Lipinski definition) is 3. The maximum atomic E-state index is 10.6. The zero-order chi connectivity index (χ0) is 14.0. The number of ether oxygens (including phenoxy) is 1. The van der Waals surface area contributed by atoms with Gasteiger partial charge in [0.15, 0.2) is 0 Å². The molecule has 1 aliphatic rings. The fourth-order valence-electron chi connectivity index (χ4n) is 2.00. The van der Waals surface area contributed by atoms with Crippen molar-refractivity contribution in [1.82, 2.24) is 0 Å². The zero-order valence-electron chi connectivity index (χ0n) is 10.4. The lowest BCUT2D eigenvalue weighted by Gasteiger charge is -2.17.